The third kappa shape index (κ3) is 4.33. The lowest BCUT2D eigenvalue weighted by Gasteiger charge is -2.19. The van der Waals surface area contributed by atoms with Gasteiger partial charge in [-0.3, -0.25) is 0 Å². The van der Waals surface area contributed by atoms with Gasteiger partial charge in [-0.1, -0.05) is 109 Å². The van der Waals surface area contributed by atoms with Gasteiger partial charge in [0.15, 0.2) is 0 Å². The van der Waals surface area contributed by atoms with Gasteiger partial charge in [-0.25, -0.2) is 0 Å². The van der Waals surface area contributed by atoms with E-state index < -0.39 is 0 Å². The minimum absolute atomic E-state index is 0.587. The molecule has 3 aromatic heterocycles. The predicted molar refractivity (Wildman–Crippen MR) is 224 cm³/mol. The average Bonchev–Trinajstić information content (AvgIpc) is 3.89. The van der Waals surface area contributed by atoms with Gasteiger partial charge in [-0.2, -0.15) is 10.5 Å². The Morgan fingerprint density at radius 3 is 1.55 bits per heavy atom. The number of nitriles is 2. The van der Waals surface area contributed by atoms with Crippen LogP contribution in [0.5, 0.6) is 0 Å². The molecule has 0 aliphatic heterocycles. The second-order valence-electron chi connectivity index (χ2n) is 13.9. The highest BCUT2D eigenvalue weighted by Gasteiger charge is 2.23. The molecule has 0 amide bonds. The maximum atomic E-state index is 10.8. The largest absolute Gasteiger partial charge is 0.309 e. The van der Waals surface area contributed by atoms with Crippen LogP contribution in [0.1, 0.15) is 11.1 Å². The van der Waals surface area contributed by atoms with E-state index in [1.807, 2.05) is 36.4 Å². The Kier molecular flexibility index (Phi) is 6.61. The predicted octanol–water partition coefficient (Wildman–Crippen LogP) is 12.4. The Hall–Kier alpha value is -7.86. The van der Waals surface area contributed by atoms with Crippen molar-refractivity contribution >= 4 is 65.4 Å². The van der Waals surface area contributed by atoms with Crippen molar-refractivity contribution in [1.29, 1.82) is 10.5 Å². The van der Waals surface area contributed by atoms with Crippen LogP contribution in [0.15, 0.2) is 176 Å². The third-order valence-electron chi connectivity index (χ3n) is 11.1. The molecule has 0 saturated heterocycles. The number of nitrogens with zero attached hydrogens (tertiary/aromatic N) is 5. The van der Waals surface area contributed by atoms with E-state index in [4.69, 9.17) is 0 Å². The van der Waals surface area contributed by atoms with Crippen molar-refractivity contribution in [3.8, 4) is 40.3 Å². The Bertz CT molecular complexity index is 3420. The molecule has 0 atom stereocenters. The van der Waals surface area contributed by atoms with Crippen molar-refractivity contribution in [1.82, 2.24) is 13.7 Å². The molecule has 11 rings (SSSR count). The topological polar surface area (TPSA) is 62.4 Å². The SMILES string of the molecule is N#Cc1cccc(-n2c3ccccc3c3cccc(-n4c5ccccc5c5ccccc54)c32)c1-c1cccc(-n2c3ccccc3c3c(C#N)cccc32)c1. The first-order valence-electron chi connectivity index (χ1n) is 18.3. The molecule has 55 heavy (non-hydrogen) atoms. The molecule has 0 bridgehead atoms. The van der Waals surface area contributed by atoms with Gasteiger partial charge in [0.25, 0.3) is 0 Å². The number of para-hydroxylation sites is 5. The fourth-order valence-electron chi connectivity index (χ4n) is 8.93. The van der Waals surface area contributed by atoms with Crippen molar-refractivity contribution in [2.75, 3.05) is 0 Å². The zero-order valence-electron chi connectivity index (χ0n) is 29.5. The highest BCUT2D eigenvalue weighted by Crippen LogP contribution is 2.43. The number of aromatic nitrogens is 3. The standard InChI is InChI=1S/C50H29N5/c51-30-33-14-10-26-45(48(33)32-13-9-16-35(29-32)53-44-25-8-4-20-40(44)49-34(31-52)15-11-27-46(49)53)55-43-24-7-3-19-38(43)39-21-12-28-47(50(39)55)54-41-22-5-1-17-36(41)37-18-2-6-23-42(37)54/h1-29H. The van der Waals surface area contributed by atoms with E-state index in [0.717, 1.165) is 82.8 Å². The van der Waals surface area contributed by atoms with Crippen LogP contribution in [-0.2, 0) is 0 Å². The first-order chi connectivity index (χ1) is 27.2. The van der Waals surface area contributed by atoms with Crippen LogP contribution in [0.25, 0.3) is 93.6 Å². The molecule has 5 nitrogen and oxygen atoms in total. The Balaban J connectivity index is 1.23. The molecule has 254 valence electrons. The molecule has 0 aliphatic rings. The molecule has 3 heterocycles. The van der Waals surface area contributed by atoms with Crippen LogP contribution < -0.4 is 0 Å². The third-order valence-corrected chi connectivity index (χ3v) is 11.1. The number of rotatable bonds is 4. The van der Waals surface area contributed by atoms with Gasteiger partial charge in [-0.15, -0.1) is 0 Å². The molecule has 0 fully saturated rings. The highest BCUT2D eigenvalue weighted by molar-refractivity contribution is 6.16. The number of fused-ring (bicyclic) bond motifs is 9. The normalized spacial score (nSPS) is 11.6. The zero-order valence-corrected chi connectivity index (χ0v) is 29.5. The Labute approximate surface area is 316 Å². The van der Waals surface area contributed by atoms with Gasteiger partial charge < -0.3 is 13.7 Å². The van der Waals surface area contributed by atoms with Gasteiger partial charge in [0, 0.05) is 43.6 Å². The van der Waals surface area contributed by atoms with Crippen LogP contribution in [0, 0.1) is 22.7 Å². The monoisotopic (exact) mass is 699 g/mol. The highest BCUT2D eigenvalue weighted by atomic mass is 15.1. The van der Waals surface area contributed by atoms with Crippen LogP contribution in [-0.4, -0.2) is 13.7 Å². The first kappa shape index (κ1) is 30.7. The Morgan fingerprint density at radius 1 is 0.364 bits per heavy atom. The van der Waals surface area contributed by atoms with E-state index in [9.17, 15) is 10.5 Å². The summed E-state index contributed by atoms with van der Waals surface area (Å²) in [5.41, 5.74) is 12.3. The minimum atomic E-state index is 0.587. The summed E-state index contributed by atoms with van der Waals surface area (Å²) < 4.78 is 6.96. The molecule has 0 aliphatic carbocycles. The first-order valence-corrected chi connectivity index (χ1v) is 18.3. The lowest BCUT2D eigenvalue weighted by molar-refractivity contribution is 1.13. The molecule has 8 aromatic carbocycles. The van der Waals surface area contributed by atoms with Gasteiger partial charge in [0.1, 0.15) is 0 Å². The van der Waals surface area contributed by atoms with E-state index in [1.165, 1.54) is 10.8 Å². The molecule has 5 heteroatoms. The van der Waals surface area contributed by atoms with Gasteiger partial charge >= 0.3 is 0 Å². The van der Waals surface area contributed by atoms with E-state index in [-0.39, 0.29) is 0 Å². The summed E-state index contributed by atoms with van der Waals surface area (Å²) in [5, 5.41) is 27.5. The van der Waals surface area contributed by atoms with Crippen LogP contribution >= 0.6 is 0 Å². The van der Waals surface area contributed by atoms with E-state index in [0.29, 0.717) is 11.1 Å². The summed E-state index contributed by atoms with van der Waals surface area (Å²) in [6, 6.07) is 65.9. The fourth-order valence-corrected chi connectivity index (χ4v) is 8.93. The summed E-state index contributed by atoms with van der Waals surface area (Å²) in [6.07, 6.45) is 0. The van der Waals surface area contributed by atoms with Crippen molar-refractivity contribution in [3.63, 3.8) is 0 Å². The molecule has 11 aromatic rings. The van der Waals surface area contributed by atoms with E-state index in [2.05, 4.69) is 165 Å². The lowest BCUT2D eigenvalue weighted by Crippen LogP contribution is -2.03. The van der Waals surface area contributed by atoms with Gasteiger partial charge in [0.05, 0.1) is 67.7 Å². The minimum Gasteiger partial charge on any atom is -0.309 e. The molecule has 0 N–H and O–H groups in total. The van der Waals surface area contributed by atoms with Crippen LogP contribution in [0.3, 0.4) is 0 Å². The molecule has 0 saturated carbocycles. The lowest BCUT2D eigenvalue weighted by atomic mass is 9.97. The number of hydrogen-bond acceptors (Lipinski definition) is 2. The van der Waals surface area contributed by atoms with Crippen molar-refractivity contribution < 1.29 is 0 Å². The molecule has 0 unspecified atom stereocenters. The maximum Gasteiger partial charge on any atom is 0.0998 e. The summed E-state index contributed by atoms with van der Waals surface area (Å²) >= 11 is 0. The molecule has 0 spiro atoms. The second kappa shape index (κ2) is 11.8. The average molecular weight is 700 g/mol. The van der Waals surface area contributed by atoms with E-state index in [1.54, 1.807) is 0 Å². The zero-order chi connectivity index (χ0) is 36.6. The molecular weight excluding hydrogens is 671 g/mol. The molecular formula is C50H29N5. The summed E-state index contributed by atoms with van der Waals surface area (Å²) in [5.74, 6) is 0. The molecule has 0 radical (unpaired) electrons. The number of hydrogen-bond donors (Lipinski definition) is 0. The fraction of sp³-hybridized carbons (Fsp3) is 0. The van der Waals surface area contributed by atoms with Crippen molar-refractivity contribution in [3.05, 3.63) is 187 Å². The van der Waals surface area contributed by atoms with Gasteiger partial charge in [0.2, 0.25) is 0 Å². The smallest absolute Gasteiger partial charge is 0.0998 e. The maximum absolute atomic E-state index is 10.8. The second-order valence-corrected chi connectivity index (χ2v) is 13.9. The summed E-state index contributed by atoms with van der Waals surface area (Å²) in [4.78, 5) is 0. The number of benzene rings is 8. The van der Waals surface area contributed by atoms with Crippen LogP contribution in [0.4, 0.5) is 0 Å². The van der Waals surface area contributed by atoms with Crippen LogP contribution in [0.2, 0.25) is 0 Å². The summed E-state index contributed by atoms with van der Waals surface area (Å²) in [6.45, 7) is 0. The summed E-state index contributed by atoms with van der Waals surface area (Å²) in [7, 11) is 0. The van der Waals surface area contributed by atoms with Gasteiger partial charge in [-0.05, 0) is 72.3 Å². The Morgan fingerprint density at radius 2 is 0.855 bits per heavy atom. The van der Waals surface area contributed by atoms with Crippen molar-refractivity contribution in [2.45, 2.75) is 0 Å². The quantitative estimate of drug-likeness (QED) is 0.184. The van der Waals surface area contributed by atoms with Crippen molar-refractivity contribution in [2.24, 2.45) is 0 Å². The van der Waals surface area contributed by atoms with E-state index >= 15 is 0 Å².